The van der Waals surface area contributed by atoms with Crippen LogP contribution in [0.5, 0.6) is 0 Å². The fraction of sp³-hybridized carbons (Fsp3) is 1.00. The molecule has 1 saturated heterocycles. The molecule has 0 aromatic rings. The molecule has 2 atom stereocenters. The van der Waals surface area contributed by atoms with Crippen LogP contribution in [0.1, 0.15) is 51.9 Å². The molecule has 2 N–H and O–H groups in total. The molecular formula is C15H30N2O. The Hall–Kier alpha value is -0.120. The molecule has 0 spiro atoms. The van der Waals surface area contributed by atoms with Crippen molar-refractivity contribution in [1.29, 1.82) is 0 Å². The maximum Gasteiger partial charge on any atom is 0.0669 e. The van der Waals surface area contributed by atoms with Gasteiger partial charge in [-0.1, -0.05) is 32.6 Å². The molecule has 1 aliphatic heterocycles. The summed E-state index contributed by atoms with van der Waals surface area (Å²) in [5, 5.41) is 13.8. The van der Waals surface area contributed by atoms with Crippen molar-refractivity contribution in [3.05, 3.63) is 0 Å². The smallest absolute Gasteiger partial charge is 0.0669 e. The number of rotatable bonds is 6. The molecule has 0 radical (unpaired) electrons. The van der Waals surface area contributed by atoms with Crippen LogP contribution in [-0.2, 0) is 0 Å². The Morgan fingerprint density at radius 3 is 2.61 bits per heavy atom. The lowest BCUT2D eigenvalue weighted by atomic mass is 9.98. The summed E-state index contributed by atoms with van der Waals surface area (Å²) in [4.78, 5) is 2.48. The van der Waals surface area contributed by atoms with Gasteiger partial charge in [0.2, 0.25) is 0 Å². The monoisotopic (exact) mass is 254 g/mol. The highest BCUT2D eigenvalue weighted by molar-refractivity contribution is 4.80. The van der Waals surface area contributed by atoms with Crippen molar-refractivity contribution in [2.24, 2.45) is 5.92 Å². The van der Waals surface area contributed by atoms with E-state index in [4.69, 9.17) is 0 Å². The van der Waals surface area contributed by atoms with E-state index in [0.29, 0.717) is 6.04 Å². The molecule has 0 amide bonds. The van der Waals surface area contributed by atoms with E-state index < -0.39 is 0 Å². The molecule has 106 valence electrons. The molecule has 1 saturated carbocycles. The molecular weight excluding hydrogens is 224 g/mol. The largest absolute Gasteiger partial charge is 0.392 e. The molecule has 1 heterocycles. The van der Waals surface area contributed by atoms with Crippen LogP contribution in [0.3, 0.4) is 0 Å². The molecule has 3 nitrogen and oxygen atoms in total. The predicted octanol–water partition coefficient (Wildman–Crippen LogP) is 2.00. The fourth-order valence-electron chi connectivity index (χ4n) is 3.66. The minimum absolute atomic E-state index is 0.116. The first-order chi connectivity index (χ1) is 8.79. The van der Waals surface area contributed by atoms with Gasteiger partial charge in [0.05, 0.1) is 6.10 Å². The van der Waals surface area contributed by atoms with Gasteiger partial charge in [0.25, 0.3) is 0 Å². The molecule has 2 unspecified atom stereocenters. The van der Waals surface area contributed by atoms with Crippen LogP contribution in [-0.4, -0.2) is 48.3 Å². The third-order valence-corrected chi connectivity index (χ3v) is 4.72. The van der Waals surface area contributed by atoms with Crippen LogP contribution in [0.15, 0.2) is 0 Å². The summed E-state index contributed by atoms with van der Waals surface area (Å²) in [6.07, 6.45) is 8.91. The van der Waals surface area contributed by atoms with Gasteiger partial charge in [0.1, 0.15) is 0 Å². The number of nitrogens with zero attached hydrogens (tertiary/aromatic N) is 1. The molecule has 2 aliphatic rings. The Morgan fingerprint density at radius 1 is 1.22 bits per heavy atom. The second kappa shape index (κ2) is 7.46. The van der Waals surface area contributed by atoms with Gasteiger partial charge < -0.3 is 10.4 Å². The minimum Gasteiger partial charge on any atom is -0.392 e. The third kappa shape index (κ3) is 4.22. The van der Waals surface area contributed by atoms with Crippen molar-refractivity contribution in [2.75, 3.05) is 26.2 Å². The molecule has 2 fully saturated rings. The Labute approximate surface area is 112 Å². The molecule has 1 aliphatic carbocycles. The first-order valence-corrected chi connectivity index (χ1v) is 7.92. The summed E-state index contributed by atoms with van der Waals surface area (Å²) in [6.45, 7) is 6.42. The maximum absolute atomic E-state index is 10.3. The molecule has 3 heteroatoms. The first kappa shape index (κ1) is 14.3. The van der Waals surface area contributed by atoms with Gasteiger partial charge in [0.15, 0.2) is 0 Å². The number of aliphatic hydroxyl groups excluding tert-OH is 1. The van der Waals surface area contributed by atoms with Crippen molar-refractivity contribution >= 4 is 0 Å². The number of likely N-dealkylation sites (N-methyl/N-ethyl adjacent to an activating group) is 1. The van der Waals surface area contributed by atoms with Crippen LogP contribution >= 0.6 is 0 Å². The van der Waals surface area contributed by atoms with E-state index >= 15 is 0 Å². The van der Waals surface area contributed by atoms with Crippen molar-refractivity contribution in [1.82, 2.24) is 10.2 Å². The van der Waals surface area contributed by atoms with Crippen molar-refractivity contribution < 1.29 is 5.11 Å². The van der Waals surface area contributed by atoms with E-state index in [-0.39, 0.29) is 6.10 Å². The zero-order valence-corrected chi connectivity index (χ0v) is 11.9. The van der Waals surface area contributed by atoms with Crippen molar-refractivity contribution in [3.63, 3.8) is 0 Å². The molecule has 0 aromatic carbocycles. The van der Waals surface area contributed by atoms with Crippen LogP contribution in [0.4, 0.5) is 0 Å². The highest BCUT2D eigenvalue weighted by atomic mass is 16.3. The average molecular weight is 254 g/mol. The van der Waals surface area contributed by atoms with Gasteiger partial charge in [-0.25, -0.2) is 0 Å². The van der Waals surface area contributed by atoms with Crippen LogP contribution in [0.25, 0.3) is 0 Å². The van der Waals surface area contributed by atoms with E-state index in [2.05, 4.69) is 17.1 Å². The highest BCUT2D eigenvalue weighted by Crippen LogP contribution is 2.28. The highest BCUT2D eigenvalue weighted by Gasteiger charge is 2.24. The van der Waals surface area contributed by atoms with E-state index in [0.717, 1.165) is 32.0 Å². The van der Waals surface area contributed by atoms with Crippen molar-refractivity contribution in [3.8, 4) is 0 Å². The summed E-state index contributed by atoms with van der Waals surface area (Å²) < 4.78 is 0. The van der Waals surface area contributed by atoms with Gasteiger partial charge in [-0.05, 0) is 38.3 Å². The second-order valence-corrected chi connectivity index (χ2v) is 6.13. The van der Waals surface area contributed by atoms with Gasteiger partial charge in [-0.2, -0.15) is 0 Å². The van der Waals surface area contributed by atoms with Gasteiger partial charge in [-0.15, -0.1) is 0 Å². The van der Waals surface area contributed by atoms with Gasteiger partial charge >= 0.3 is 0 Å². The Kier molecular flexibility index (Phi) is 5.93. The van der Waals surface area contributed by atoms with Crippen molar-refractivity contribution in [2.45, 2.75) is 64.0 Å². The Morgan fingerprint density at radius 2 is 2.00 bits per heavy atom. The summed E-state index contributed by atoms with van der Waals surface area (Å²) in [5.41, 5.74) is 0. The molecule has 18 heavy (non-hydrogen) atoms. The molecule has 0 bridgehead atoms. The lowest BCUT2D eigenvalue weighted by Crippen LogP contribution is -2.48. The van der Waals surface area contributed by atoms with Gasteiger partial charge in [0, 0.05) is 19.1 Å². The standard InChI is InChI=1S/C15H30N2O/c1-2-17(14-8-5-9-16-11-14)12-15(18)10-13-6-3-4-7-13/h13-16,18H,2-12H2,1H3. The number of aliphatic hydroxyl groups is 1. The Bertz CT molecular complexity index is 223. The Balaban J connectivity index is 1.73. The molecule has 2 rings (SSSR count). The van der Waals surface area contributed by atoms with E-state index in [1.165, 1.54) is 45.1 Å². The normalized spacial score (nSPS) is 27.8. The lowest BCUT2D eigenvalue weighted by Gasteiger charge is -2.35. The van der Waals surface area contributed by atoms with E-state index in [1.54, 1.807) is 0 Å². The van der Waals surface area contributed by atoms with Crippen LogP contribution < -0.4 is 5.32 Å². The first-order valence-electron chi connectivity index (χ1n) is 7.92. The zero-order chi connectivity index (χ0) is 12.8. The summed E-state index contributed by atoms with van der Waals surface area (Å²) in [7, 11) is 0. The maximum atomic E-state index is 10.3. The topological polar surface area (TPSA) is 35.5 Å². The van der Waals surface area contributed by atoms with E-state index in [1.807, 2.05) is 0 Å². The lowest BCUT2D eigenvalue weighted by molar-refractivity contribution is 0.0659. The molecule has 0 aromatic heterocycles. The van der Waals surface area contributed by atoms with E-state index in [9.17, 15) is 5.11 Å². The summed E-state index contributed by atoms with van der Waals surface area (Å²) in [5.74, 6) is 0.795. The number of piperidine rings is 1. The summed E-state index contributed by atoms with van der Waals surface area (Å²) in [6, 6.07) is 0.641. The summed E-state index contributed by atoms with van der Waals surface area (Å²) >= 11 is 0. The number of hydrogen-bond acceptors (Lipinski definition) is 3. The van der Waals surface area contributed by atoms with Gasteiger partial charge in [-0.3, -0.25) is 4.90 Å². The minimum atomic E-state index is -0.116. The van der Waals surface area contributed by atoms with Crippen LogP contribution in [0.2, 0.25) is 0 Å². The average Bonchev–Trinajstić information content (AvgIpc) is 2.90. The van der Waals surface area contributed by atoms with Crippen LogP contribution in [0, 0.1) is 5.92 Å². The number of hydrogen-bond donors (Lipinski definition) is 2. The third-order valence-electron chi connectivity index (χ3n) is 4.72. The predicted molar refractivity (Wildman–Crippen MR) is 75.7 cm³/mol. The quantitative estimate of drug-likeness (QED) is 0.761. The SMILES string of the molecule is CCN(CC(O)CC1CCCC1)C1CCCNC1. The second-order valence-electron chi connectivity index (χ2n) is 6.13. The number of nitrogens with one attached hydrogen (secondary N) is 1. The fourth-order valence-corrected chi connectivity index (χ4v) is 3.66. The zero-order valence-electron chi connectivity index (χ0n) is 11.9.